The van der Waals surface area contributed by atoms with Gasteiger partial charge in [0, 0.05) is 24.1 Å². The zero-order chi connectivity index (χ0) is 14.5. The van der Waals surface area contributed by atoms with Crippen molar-refractivity contribution in [2.45, 2.75) is 6.42 Å². The van der Waals surface area contributed by atoms with Gasteiger partial charge in [-0.2, -0.15) is 5.26 Å². The highest BCUT2D eigenvalue weighted by atomic mass is 16.6. The van der Waals surface area contributed by atoms with Crippen LogP contribution in [0.15, 0.2) is 42.5 Å². The van der Waals surface area contributed by atoms with Gasteiger partial charge in [0.25, 0.3) is 5.69 Å². The molecule has 2 aromatic rings. The second kappa shape index (κ2) is 5.85. The molecule has 2 rings (SSSR count). The zero-order valence-corrected chi connectivity index (χ0v) is 10.9. The van der Waals surface area contributed by atoms with Gasteiger partial charge in [-0.25, -0.2) is 0 Å². The van der Waals surface area contributed by atoms with Gasteiger partial charge >= 0.3 is 0 Å². The van der Waals surface area contributed by atoms with Crippen LogP contribution >= 0.6 is 0 Å². The van der Waals surface area contributed by atoms with Gasteiger partial charge in [0.2, 0.25) is 0 Å². The quantitative estimate of drug-likeness (QED) is 0.630. The van der Waals surface area contributed by atoms with E-state index in [0.29, 0.717) is 17.7 Å². The number of nitrogens with zero attached hydrogens (tertiary/aromatic N) is 2. The molecule has 0 aromatic heterocycles. The molecule has 0 aliphatic heterocycles. The lowest BCUT2D eigenvalue weighted by Crippen LogP contribution is -1.99. The maximum absolute atomic E-state index is 10.9. The second-order valence-electron chi connectivity index (χ2n) is 4.22. The summed E-state index contributed by atoms with van der Waals surface area (Å²) in [6.45, 7) is 0. The van der Waals surface area contributed by atoms with Crippen LogP contribution in [0.3, 0.4) is 0 Å². The molecule has 0 aliphatic carbocycles. The number of methoxy groups -OCH3 is 1. The highest BCUT2D eigenvalue weighted by Crippen LogP contribution is 2.30. The van der Waals surface area contributed by atoms with Crippen molar-refractivity contribution in [3.8, 4) is 11.8 Å². The van der Waals surface area contributed by atoms with Crippen molar-refractivity contribution >= 4 is 5.69 Å². The van der Waals surface area contributed by atoms with Gasteiger partial charge in [-0.1, -0.05) is 30.3 Å². The summed E-state index contributed by atoms with van der Waals surface area (Å²) in [7, 11) is 1.45. The van der Waals surface area contributed by atoms with Crippen LogP contribution in [0.4, 0.5) is 5.69 Å². The molecule has 5 heteroatoms. The number of ether oxygens (including phenoxy) is 1. The van der Waals surface area contributed by atoms with E-state index in [1.807, 2.05) is 36.4 Å². The average molecular weight is 268 g/mol. The van der Waals surface area contributed by atoms with Gasteiger partial charge in [-0.15, -0.1) is 0 Å². The third-order valence-electron chi connectivity index (χ3n) is 2.92. The molecule has 0 fully saturated rings. The monoisotopic (exact) mass is 268 g/mol. The second-order valence-corrected chi connectivity index (χ2v) is 4.22. The minimum Gasteiger partial charge on any atom is -0.495 e. The minimum atomic E-state index is -0.505. The molecular formula is C15H12N2O3. The molecule has 2 aromatic carbocycles. The number of hydrogen-bond acceptors (Lipinski definition) is 4. The first-order valence-corrected chi connectivity index (χ1v) is 5.95. The largest absolute Gasteiger partial charge is 0.495 e. The van der Waals surface area contributed by atoms with E-state index in [9.17, 15) is 10.1 Å². The topological polar surface area (TPSA) is 76.2 Å². The Kier molecular flexibility index (Phi) is 3.96. The van der Waals surface area contributed by atoms with Gasteiger partial charge < -0.3 is 4.74 Å². The molecule has 0 saturated carbocycles. The van der Waals surface area contributed by atoms with Crippen LogP contribution in [0.1, 0.15) is 16.7 Å². The number of nitriles is 1. The average Bonchev–Trinajstić information content (AvgIpc) is 2.47. The van der Waals surface area contributed by atoms with E-state index in [1.54, 1.807) is 0 Å². The summed E-state index contributed by atoms with van der Waals surface area (Å²) in [6, 6.07) is 14.1. The van der Waals surface area contributed by atoms with E-state index in [0.717, 1.165) is 5.56 Å². The SMILES string of the molecule is COc1c(C#N)cc([N+](=O)[O-])cc1Cc1ccccc1. The van der Waals surface area contributed by atoms with Gasteiger partial charge in [-0.3, -0.25) is 10.1 Å². The Morgan fingerprint density at radius 1 is 1.30 bits per heavy atom. The van der Waals surface area contributed by atoms with Crippen molar-refractivity contribution < 1.29 is 9.66 Å². The van der Waals surface area contributed by atoms with Crippen molar-refractivity contribution in [2.75, 3.05) is 7.11 Å². The van der Waals surface area contributed by atoms with E-state index in [-0.39, 0.29) is 11.3 Å². The molecule has 0 bridgehead atoms. The fourth-order valence-electron chi connectivity index (χ4n) is 2.05. The van der Waals surface area contributed by atoms with Crippen molar-refractivity contribution in [3.05, 3.63) is 69.3 Å². The predicted molar refractivity (Wildman–Crippen MR) is 73.6 cm³/mol. The van der Waals surface area contributed by atoms with Crippen molar-refractivity contribution in [2.24, 2.45) is 0 Å². The molecular weight excluding hydrogens is 256 g/mol. The van der Waals surface area contributed by atoms with Crippen LogP contribution in [0, 0.1) is 21.4 Å². The molecule has 0 unspecified atom stereocenters. The van der Waals surface area contributed by atoms with E-state index in [2.05, 4.69) is 0 Å². The normalized spacial score (nSPS) is 9.80. The van der Waals surface area contributed by atoms with Crippen LogP contribution in [-0.4, -0.2) is 12.0 Å². The van der Waals surface area contributed by atoms with Crippen LogP contribution in [-0.2, 0) is 6.42 Å². The van der Waals surface area contributed by atoms with E-state index in [4.69, 9.17) is 10.00 Å². The first kappa shape index (κ1) is 13.6. The summed E-state index contributed by atoms with van der Waals surface area (Å²) < 4.78 is 5.23. The van der Waals surface area contributed by atoms with Crippen LogP contribution in [0.2, 0.25) is 0 Å². The Hall–Kier alpha value is -2.87. The van der Waals surface area contributed by atoms with Gasteiger partial charge in [0.15, 0.2) is 0 Å². The summed E-state index contributed by atoms with van der Waals surface area (Å²) in [5.41, 5.74) is 1.69. The van der Waals surface area contributed by atoms with Gasteiger partial charge in [0.1, 0.15) is 17.4 Å². The van der Waals surface area contributed by atoms with Crippen LogP contribution < -0.4 is 4.74 Å². The van der Waals surface area contributed by atoms with Gasteiger partial charge in [-0.05, 0) is 5.56 Å². The van der Waals surface area contributed by atoms with Crippen molar-refractivity contribution in [3.63, 3.8) is 0 Å². The molecule has 0 amide bonds. The Balaban J connectivity index is 2.52. The highest BCUT2D eigenvalue weighted by molar-refractivity contribution is 5.56. The standard InChI is InChI=1S/C15H12N2O3/c1-20-15-12(7-11-5-3-2-4-6-11)8-14(17(18)19)9-13(15)10-16/h2-6,8-9H,7H2,1H3. The predicted octanol–water partition coefficient (Wildman–Crippen LogP) is 3.07. The van der Waals surface area contributed by atoms with Crippen LogP contribution in [0.25, 0.3) is 0 Å². The summed E-state index contributed by atoms with van der Waals surface area (Å²) in [5, 5.41) is 20.0. The molecule has 100 valence electrons. The minimum absolute atomic E-state index is 0.103. The maximum Gasteiger partial charge on any atom is 0.271 e. The third-order valence-corrected chi connectivity index (χ3v) is 2.92. The lowest BCUT2D eigenvalue weighted by Gasteiger charge is -2.10. The Morgan fingerprint density at radius 3 is 2.55 bits per heavy atom. The lowest BCUT2D eigenvalue weighted by molar-refractivity contribution is -0.384. The van der Waals surface area contributed by atoms with E-state index in [1.165, 1.54) is 19.2 Å². The summed E-state index contributed by atoms with van der Waals surface area (Å²) in [4.78, 5) is 10.4. The number of hydrogen-bond donors (Lipinski definition) is 0. The molecule has 0 spiro atoms. The van der Waals surface area contributed by atoms with Gasteiger partial charge in [0.05, 0.1) is 12.0 Å². The molecule has 0 atom stereocenters. The number of nitro benzene ring substituents is 1. The molecule has 0 aliphatic rings. The number of rotatable bonds is 4. The summed E-state index contributed by atoms with van der Waals surface area (Å²) >= 11 is 0. The molecule has 0 saturated heterocycles. The number of non-ortho nitro benzene ring substituents is 1. The fraction of sp³-hybridized carbons (Fsp3) is 0.133. The highest BCUT2D eigenvalue weighted by Gasteiger charge is 2.17. The van der Waals surface area contributed by atoms with E-state index >= 15 is 0 Å². The lowest BCUT2D eigenvalue weighted by atomic mass is 10.0. The summed E-state index contributed by atoms with van der Waals surface area (Å²) in [6.07, 6.45) is 0.473. The molecule has 20 heavy (non-hydrogen) atoms. The van der Waals surface area contributed by atoms with E-state index < -0.39 is 4.92 Å². The smallest absolute Gasteiger partial charge is 0.271 e. The summed E-state index contributed by atoms with van der Waals surface area (Å²) in [5.74, 6) is 0.391. The Morgan fingerprint density at radius 2 is 2.00 bits per heavy atom. The first-order valence-electron chi connectivity index (χ1n) is 5.95. The zero-order valence-electron chi connectivity index (χ0n) is 10.9. The molecule has 0 radical (unpaired) electrons. The van der Waals surface area contributed by atoms with Crippen LogP contribution in [0.5, 0.6) is 5.75 Å². The Labute approximate surface area is 116 Å². The fourth-order valence-corrected chi connectivity index (χ4v) is 2.05. The van der Waals surface area contributed by atoms with Crippen molar-refractivity contribution in [1.82, 2.24) is 0 Å². The molecule has 0 N–H and O–H groups in total. The Bertz CT molecular complexity index is 676. The number of nitro groups is 1. The van der Waals surface area contributed by atoms with Crippen molar-refractivity contribution in [1.29, 1.82) is 5.26 Å². The maximum atomic E-state index is 10.9. The third kappa shape index (κ3) is 2.75. The number of benzene rings is 2. The molecule has 5 nitrogen and oxygen atoms in total. The first-order chi connectivity index (χ1) is 9.65. The molecule has 0 heterocycles.